The standard InChI is InChI=1S/C22H25N3O5/c1-24(22(29)20-5-3-2-4-16(20)14-26)13-19(27)12-23-17-6-8-18(9-7-17)25-10-11-30-15-21(25)28/h2-9,14,19,23,27H,10-13,15H2,1H3. The van der Waals surface area contributed by atoms with Crippen molar-refractivity contribution in [3.63, 3.8) is 0 Å². The molecule has 1 fully saturated rings. The molecule has 2 amide bonds. The van der Waals surface area contributed by atoms with Crippen molar-refractivity contribution in [3.05, 3.63) is 59.7 Å². The molecule has 1 heterocycles. The summed E-state index contributed by atoms with van der Waals surface area (Å²) in [5.74, 6) is -0.391. The monoisotopic (exact) mass is 411 g/mol. The lowest BCUT2D eigenvalue weighted by atomic mass is 10.1. The van der Waals surface area contributed by atoms with Gasteiger partial charge in [0, 0.05) is 43.6 Å². The zero-order chi connectivity index (χ0) is 21.5. The Hall–Kier alpha value is -3.23. The van der Waals surface area contributed by atoms with E-state index in [0.29, 0.717) is 30.6 Å². The molecular weight excluding hydrogens is 386 g/mol. The zero-order valence-electron chi connectivity index (χ0n) is 16.8. The maximum atomic E-state index is 12.5. The fourth-order valence-corrected chi connectivity index (χ4v) is 3.25. The fourth-order valence-electron chi connectivity index (χ4n) is 3.25. The largest absolute Gasteiger partial charge is 0.389 e. The Balaban J connectivity index is 1.51. The Morgan fingerprint density at radius 3 is 2.70 bits per heavy atom. The maximum absolute atomic E-state index is 12.5. The van der Waals surface area contributed by atoms with Crippen LogP contribution in [0, 0.1) is 0 Å². The van der Waals surface area contributed by atoms with Crippen LogP contribution >= 0.6 is 0 Å². The number of amides is 2. The highest BCUT2D eigenvalue weighted by atomic mass is 16.5. The molecule has 8 heteroatoms. The van der Waals surface area contributed by atoms with Crippen LogP contribution in [0.5, 0.6) is 0 Å². The number of ether oxygens (including phenoxy) is 1. The van der Waals surface area contributed by atoms with E-state index in [0.717, 1.165) is 11.4 Å². The number of morpholine rings is 1. The molecule has 0 aliphatic carbocycles. The van der Waals surface area contributed by atoms with Crippen molar-refractivity contribution >= 4 is 29.5 Å². The Bertz CT molecular complexity index is 900. The molecule has 0 radical (unpaired) electrons. The summed E-state index contributed by atoms with van der Waals surface area (Å²) in [6, 6.07) is 13.9. The van der Waals surface area contributed by atoms with E-state index in [4.69, 9.17) is 4.74 Å². The number of anilines is 2. The summed E-state index contributed by atoms with van der Waals surface area (Å²) >= 11 is 0. The van der Waals surface area contributed by atoms with Crippen molar-refractivity contribution in [2.45, 2.75) is 6.10 Å². The van der Waals surface area contributed by atoms with E-state index in [1.54, 1.807) is 36.2 Å². The molecule has 2 aromatic rings. The topological polar surface area (TPSA) is 99.2 Å². The summed E-state index contributed by atoms with van der Waals surface area (Å²) in [5, 5.41) is 13.4. The number of hydrogen-bond donors (Lipinski definition) is 2. The summed E-state index contributed by atoms with van der Waals surface area (Å²) in [5.41, 5.74) is 2.22. The molecule has 1 saturated heterocycles. The van der Waals surface area contributed by atoms with Gasteiger partial charge in [0.05, 0.1) is 18.3 Å². The van der Waals surface area contributed by atoms with Crippen LogP contribution in [0.25, 0.3) is 0 Å². The molecular formula is C22H25N3O5. The SMILES string of the molecule is CN(CC(O)CNc1ccc(N2CCOCC2=O)cc1)C(=O)c1ccccc1C=O. The van der Waals surface area contributed by atoms with Crippen molar-refractivity contribution in [2.75, 3.05) is 50.1 Å². The number of nitrogens with zero attached hydrogens (tertiary/aromatic N) is 2. The van der Waals surface area contributed by atoms with Crippen molar-refractivity contribution < 1.29 is 24.2 Å². The zero-order valence-corrected chi connectivity index (χ0v) is 16.8. The van der Waals surface area contributed by atoms with Crippen LogP contribution in [-0.2, 0) is 9.53 Å². The van der Waals surface area contributed by atoms with Crippen LogP contribution in [0.2, 0.25) is 0 Å². The summed E-state index contributed by atoms with van der Waals surface area (Å²) in [4.78, 5) is 38.6. The van der Waals surface area contributed by atoms with Gasteiger partial charge in [-0.15, -0.1) is 0 Å². The quantitative estimate of drug-likeness (QED) is 0.638. The average Bonchev–Trinajstić information content (AvgIpc) is 2.78. The number of carbonyl (C=O) groups excluding carboxylic acids is 3. The fraction of sp³-hybridized carbons (Fsp3) is 0.318. The first kappa shape index (κ1) is 21.5. The highest BCUT2D eigenvalue weighted by Crippen LogP contribution is 2.19. The number of carbonyl (C=O) groups is 3. The van der Waals surface area contributed by atoms with Gasteiger partial charge < -0.3 is 25.0 Å². The predicted octanol–water partition coefficient (Wildman–Crippen LogP) is 1.41. The first-order valence-corrected chi connectivity index (χ1v) is 9.69. The molecule has 0 saturated carbocycles. The van der Waals surface area contributed by atoms with Gasteiger partial charge in [0.2, 0.25) is 0 Å². The van der Waals surface area contributed by atoms with Crippen molar-refractivity contribution in [1.82, 2.24) is 4.90 Å². The highest BCUT2D eigenvalue weighted by Gasteiger charge is 2.20. The Morgan fingerprint density at radius 2 is 2.00 bits per heavy atom. The number of aliphatic hydroxyl groups excluding tert-OH is 1. The highest BCUT2D eigenvalue weighted by molar-refractivity contribution is 6.01. The normalized spacial score (nSPS) is 14.9. The molecule has 0 spiro atoms. The first-order valence-electron chi connectivity index (χ1n) is 9.69. The van der Waals surface area contributed by atoms with Gasteiger partial charge in [-0.2, -0.15) is 0 Å². The van der Waals surface area contributed by atoms with E-state index in [9.17, 15) is 19.5 Å². The maximum Gasteiger partial charge on any atom is 0.254 e. The number of nitrogens with one attached hydrogen (secondary N) is 1. The Labute approximate surface area is 175 Å². The molecule has 8 nitrogen and oxygen atoms in total. The summed E-state index contributed by atoms with van der Waals surface area (Å²) in [6.07, 6.45) is -0.157. The minimum absolute atomic E-state index is 0.0683. The van der Waals surface area contributed by atoms with E-state index in [2.05, 4.69) is 5.32 Å². The van der Waals surface area contributed by atoms with Crippen LogP contribution in [0.15, 0.2) is 48.5 Å². The number of aldehydes is 1. The Morgan fingerprint density at radius 1 is 1.27 bits per heavy atom. The van der Waals surface area contributed by atoms with Gasteiger partial charge in [-0.25, -0.2) is 0 Å². The Kier molecular flexibility index (Phi) is 7.16. The summed E-state index contributed by atoms with van der Waals surface area (Å²) in [6.45, 7) is 1.48. The molecule has 3 rings (SSSR count). The summed E-state index contributed by atoms with van der Waals surface area (Å²) in [7, 11) is 1.58. The van der Waals surface area contributed by atoms with E-state index < -0.39 is 6.10 Å². The van der Waals surface area contributed by atoms with Gasteiger partial charge in [0.15, 0.2) is 6.29 Å². The molecule has 158 valence electrons. The molecule has 2 N–H and O–H groups in total. The molecule has 1 atom stereocenters. The van der Waals surface area contributed by atoms with Crippen LogP contribution in [0.4, 0.5) is 11.4 Å². The van der Waals surface area contributed by atoms with Crippen molar-refractivity contribution in [2.24, 2.45) is 0 Å². The van der Waals surface area contributed by atoms with E-state index in [-0.39, 0.29) is 31.5 Å². The van der Waals surface area contributed by atoms with E-state index in [1.807, 2.05) is 24.3 Å². The third-order valence-corrected chi connectivity index (χ3v) is 4.86. The van der Waals surface area contributed by atoms with Crippen LogP contribution < -0.4 is 10.2 Å². The minimum atomic E-state index is -0.803. The lowest BCUT2D eigenvalue weighted by Gasteiger charge is -2.27. The van der Waals surface area contributed by atoms with Gasteiger partial charge in [0.1, 0.15) is 6.61 Å². The number of aliphatic hydroxyl groups is 1. The molecule has 1 aliphatic heterocycles. The molecule has 2 aromatic carbocycles. The third kappa shape index (κ3) is 5.22. The van der Waals surface area contributed by atoms with E-state index in [1.165, 1.54) is 4.90 Å². The first-order chi connectivity index (χ1) is 14.5. The van der Waals surface area contributed by atoms with Gasteiger partial charge in [0.25, 0.3) is 11.8 Å². The third-order valence-electron chi connectivity index (χ3n) is 4.86. The number of rotatable bonds is 8. The number of benzene rings is 2. The molecule has 0 bridgehead atoms. The molecule has 1 aliphatic rings. The molecule has 1 unspecified atom stereocenters. The second kappa shape index (κ2) is 10.00. The smallest absolute Gasteiger partial charge is 0.254 e. The van der Waals surface area contributed by atoms with Gasteiger partial charge in [-0.3, -0.25) is 14.4 Å². The lowest BCUT2D eigenvalue weighted by Crippen LogP contribution is -2.41. The minimum Gasteiger partial charge on any atom is -0.389 e. The van der Waals surface area contributed by atoms with Crippen LogP contribution in [0.3, 0.4) is 0 Å². The van der Waals surface area contributed by atoms with Crippen LogP contribution in [0.1, 0.15) is 20.7 Å². The van der Waals surface area contributed by atoms with Crippen molar-refractivity contribution in [3.8, 4) is 0 Å². The lowest BCUT2D eigenvalue weighted by molar-refractivity contribution is -0.125. The predicted molar refractivity (Wildman–Crippen MR) is 113 cm³/mol. The van der Waals surface area contributed by atoms with Gasteiger partial charge >= 0.3 is 0 Å². The van der Waals surface area contributed by atoms with Crippen LogP contribution in [-0.4, -0.2) is 74.1 Å². The molecule has 0 aromatic heterocycles. The second-order valence-electron chi connectivity index (χ2n) is 7.07. The number of hydrogen-bond acceptors (Lipinski definition) is 6. The van der Waals surface area contributed by atoms with Gasteiger partial charge in [-0.05, 0) is 30.3 Å². The van der Waals surface area contributed by atoms with Gasteiger partial charge in [-0.1, -0.05) is 18.2 Å². The summed E-state index contributed by atoms with van der Waals surface area (Å²) < 4.78 is 5.14. The van der Waals surface area contributed by atoms with E-state index >= 15 is 0 Å². The molecule has 30 heavy (non-hydrogen) atoms. The average molecular weight is 411 g/mol. The van der Waals surface area contributed by atoms with Crippen molar-refractivity contribution in [1.29, 1.82) is 0 Å². The second-order valence-corrected chi connectivity index (χ2v) is 7.07. The number of likely N-dealkylation sites (N-methyl/N-ethyl adjacent to an activating group) is 1.